The van der Waals surface area contributed by atoms with Crippen molar-refractivity contribution in [3.8, 4) is 11.5 Å². The molecule has 0 radical (unpaired) electrons. The number of carbonyl (C=O) groups excluding carboxylic acids is 1. The van der Waals surface area contributed by atoms with Gasteiger partial charge in [-0.05, 0) is 57.4 Å². The van der Waals surface area contributed by atoms with Gasteiger partial charge in [-0.15, -0.1) is 5.10 Å². The number of nitrogens with zero attached hydrogens (tertiary/aromatic N) is 3. The van der Waals surface area contributed by atoms with Crippen LogP contribution >= 0.6 is 0 Å². The van der Waals surface area contributed by atoms with Crippen molar-refractivity contribution in [2.45, 2.75) is 39.7 Å². The van der Waals surface area contributed by atoms with Crippen molar-refractivity contribution in [1.82, 2.24) is 15.1 Å². The molecule has 0 saturated heterocycles. The van der Waals surface area contributed by atoms with Gasteiger partial charge in [-0.3, -0.25) is 0 Å². The molecule has 0 bridgehead atoms. The number of hydrogen-bond acceptors (Lipinski definition) is 6. The number of amides is 1. The Morgan fingerprint density at radius 1 is 1.22 bits per heavy atom. The average Bonchev–Trinajstić information content (AvgIpc) is 3.10. The molecule has 0 saturated carbocycles. The summed E-state index contributed by atoms with van der Waals surface area (Å²) in [4.78, 5) is 13.9. The number of benzene rings is 1. The van der Waals surface area contributed by atoms with E-state index in [1.165, 1.54) is 5.57 Å². The van der Waals surface area contributed by atoms with E-state index in [9.17, 15) is 4.79 Å². The van der Waals surface area contributed by atoms with E-state index < -0.39 is 5.60 Å². The fourth-order valence-corrected chi connectivity index (χ4v) is 2.81. The summed E-state index contributed by atoms with van der Waals surface area (Å²) < 4.78 is 11.0. The van der Waals surface area contributed by atoms with E-state index in [1.54, 1.807) is 4.90 Å². The summed E-state index contributed by atoms with van der Waals surface area (Å²) in [7, 11) is 0. The van der Waals surface area contributed by atoms with Crippen molar-refractivity contribution in [2.75, 3.05) is 25.0 Å². The molecule has 1 N–H and O–H groups in total. The second-order valence-corrected chi connectivity index (χ2v) is 7.43. The zero-order valence-corrected chi connectivity index (χ0v) is 16.3. The normalized spacial score (nSPS) is 14.7. The van der Waals surface area contributed by atoms with Crippen LogP contribution in [0.25, 0.3) is 17.0 Å². The zero-order chi connectivity index (χ0) is 19.4. The SMILES string of the molecule is CCNc1nnc(-c2ccc(C3=CCN(C(=O)OC(C)(C)C)CC3)cc2)o1. The molecule has 144 valence electrons. The molecule has 1 amide bonds. The Morgan fingerprint density at radius 3 is 2.52 bits per heavy atom. The van der Waals surface area contributed by atoms with Crippen molar-refractivity contribution >= 4 is 17.7 Å². The maximum atomic E-state index is 12.2. The third-order valence-electron chi connectivity index (χ3n) is 4.12. The zero-order valence-electron chi connectivity index (χ0n) is 16.3. The molecule has 1 aliphatic heterocycles. The topological polar surface area (TPSA) is 80.5 Å². The lowest BCUT2D eigenvalue weighted by atomic mass is 9.98. The van der Waals surface area contributed by atoms with Gasteiger partial charge in [0.15, 0.2) is 0 Å². The largest absolute Gasteiger partial charge is 0.444 e. The molecule has 0 aliphatic carbocycles. The quantitative estimate of drug-likeness (QED) is 0.869. The van der Waals surface area contributed by atoms with Gasteiger partial charge in [-0.25, -0.2) is 4.79 Å². The lowest BCUT2D eigenvalue weighted by molar-refractivity contribution is 0.0270. The Kier molecular flexibility index (Phi) is 5.48. The summed E-state index contributed by atoms with van der Waals surface area (Å²) in [6.45, 7) is 9.54. The third kappa shape index (κ3) is 4.87. The minimum atomic E-state index is -0.474. The van der Waals surface area contributed by atoms with Crippen LogP contribution in [-0.4, -0.2) is 46.4 Å². The predicted octanol–water partition coefficient (Wildman–Crippen LogP) is 4.19. The van der Waals surface area contributed by atoms with Gasteiger partial charge in [-0.1, -0.05) is 23.3 Å². The number of carbonyl (C=O) groups is 1. The van der Waals surface area contributed by atoms with Crippen molar-refractivity contribution in [3.05, 3.63) is 35.9 Å². The van der Waals surface area contributed by atoms with Crippen molar-refractivity contribution in [2.24, 2.45) is 0 Å². The van der Waals surface area contributed by atoms with Gasteiger partial charge in [0.25, 0.3) is 0 Å². The highest BCUT2D eigenvalue weighted by molar-refractivity contribution is 5.73. The molecule has 1 aromatic carbocycles. The minimum Gasteiger partial charge on any atom is -0.444 e. The minimum absolute atomic E-state index is 0.263. The number of ether oxygens (including phenoxy) is 1. The van der Waals surface area contributed by atoms with E-state index in [2.05, 4.69) is 21.6 Å². The van der Waals surface area contributed by atoms with Crippen LogP contribution in [0.4, 0.5) is 10.8 Å². The Balaban J connectivity index is 1.64. The van der Waals surface area contributed by atoms with E-state index >= 15 is 0 Å². The molecule has 0 spiro atoms. The van der Waals surface area contributed by atoms with Crippen LogP contribution in [0.1, 0.15) is 39.7 Å². The van der Waals surface area contributed by atoms with Crippen LogP contribution in [0, 0.1) is 0 Å². The average molecular weight is 370 g/mol. The maximum Gasteiger partial charge on any atom is 0.410 e. The molecule has 0 unspecified atom stereocenters. The molecule has 2 aromatic rings. The standard InChI is InChI=1S/C20H26N4O3/c1-5-21-18-23-22-17(26-18)16-8-6-14(7-9-16)15-10-12-24(13-11-15)19(25)27-20(2,3)4/h6-10H,5,11-13H2,1-4H3,(H,21,23). The highest BCUT2D eigenvalue weighted by Crippen LogP contribution is 2.26. The second-order valence-electron chi connectivity index (χ2n) is 7.43. The van der Waals surface area contributed by atoms with Crippen molar-refractivity contribution < 1.29 is 13.9 Å². The van der Waals surface area contributed by atoms with E-state index in [-0.39, 0.29) is 6.09 Å². The lowest BCUT2D eigenvalue weighted by Gasteiger charge is -2.29. The van der Waals surface area contributed by atoms with E-state index in [0.29, 0.717) is 25.0 Å². The smallest absolute Gasteiger partial charge is 0.410 e. The Hall–Kier alpha value is -2.83. The Morgan fingerprint density at radius 2 is 1.93 bits per heavy atom. The number of nitrogens with one attached hydrogen (secondary N) is 1. The first-order chi connectivity index (χ1) is 12.9. The highest BCUT2D eigenvalue weighted by Gasteiger charge is 2.23. The summed E-state index contributed by atoms with van der Waals surface area (Å²) in [5, 5.41) is 11.0. The number of aromatic nitrogens is 2. The number of hydrogen-bond donors (Lipinski definition) is 1. The van der Waals surface area contributed by atoms with Gasteiger partial charge in [-0.2, -0.15) is 0 Å². The molecule has 0 fully saturated rings. The molecule has 27 heavy (non-hydrogen) atoms. The van der Waals surface area contributed by atoms with Gasteiger partial charge >= 0.3 is 12.1 Å². The van der Waals surface area contributed by atoms with E-state index in [1.807, 2.05) is 52.0 Å². The first-order valence-electron chi connectivity index (χ1n) is 9.21. The van der Waals surface area contributed by atoms with E-state index in [0.717, 1.165) is 24.1 Å². The molecule has 2 heterocycles. The summed E-state index contributed by atoms with van der Waals surface area (Å²) in [6, 6.07) is 8.45. The first kappa shape index (κ1) is 18.9. The molecule has 3 rings (SSSR count). The Bertz CT molecular complexity index is 818. The van der Waals surface area contributed by atoms with Crippen LogP contribution in [-0.2, 0) is 4.74 Å². The summed E-state index contributed by atoms with van der Waals surface area (Å²) in [5.41, 5.74) is 2.76. The van der Waals surface area contributed by atoms with Crippen LogP contribution in [0.5, 0.6) is 0 Å². The van der Waals surface area contributed by atoms with Gasteiger partial charge < -0.3 is 19.4 Å². The summed E-state index contributed by atoms with van der Waals surface area (Å²) in [5.74, 6) is 0.492. The van der Waals surface area contributed by atoms with Gasteiger partial charge in [0.05, 0.1) is 0 Å². The molecule has 1 aromatic heterocycles. The first-order valence-corrected chi connectivity index (χ1v) is 9.21. The second kappa shape index (κ2) is 7.82. The van der Waals surface area contributed by atoms with Crippen LogP contribution < -0.4 is 5.32 Å². The molecular weight excluding hydrogens is 344 g/mol. The molecule has 1 aliphatic rings. The van der Waals surface area contributed by atoms with Crippen molar-refractivity contribution in [1.29, 1.82) is 0 Å². The lowest BCUT2D eigenvalue weighted by Crippen LogP contribution is -2.39. The van der Waals surface area contributed by atoms with Crippen LogP contribution in [0.15, 0.2) is 34.8 Å². The molecular formula is C20H26N4O3. The number of anilines is 1. The summed E-state index contributed by atoms with van der Waals surface area (Å²) in [6.07, 6.45) is 2.61. The molecule has 0 atom stereocenters. The van der Waals surface area contributed by atoms with Gasteiger partial charge in [0, 0.05) is 25.2 Å². The molecule has 7 nitrogen and oxygen atoms in total. The highest BCUT2D eigenvalue weighted by atomic mass is 16.6. The fourth-order valence-electron chi connectivity index (χ4n) is 2.81. The fraction of sp³-hybridized carbons (Fsp3) is 0.450. The monoisotopic (exact) mass is 370 g/mol. The summed E-state index contributed by atoms with van der Waals surface area (Å²) >= 11 is 0. The van der Waals surface area contributed by atoms with Crippen molar-refractivity contribution in [3.63, 3.8) is 0 Å². The van der Waals surface area contributed by atoms with Crippen LogP contribution in [0.2, 0.25) is 0 Å². The van der Waals surface area contributed by atoms with Gasteiger partial charge in [0.2, 0.25) is 5.89 Å². The Labute approximate surface area is 159 Å². The molecule has 7 heteroatoms. The number of rotatable bonds is 4. The maximum absolute atomic E-state index is 12.2. The van der Waals surface area contributed by atoms with E-state index in [4.69, 9.17) is 9.15 Å². The predicted molar refractivity (Wildman–Crippen MR) is 104 cm³/mol. The third-order valence-corrected chi connectivity index (χ3v) is 4.12. The van der Waals surface area contributed by atoms with Crippen LogP contribution in [0.3, 0.4) is 0 Å². The van der Waals surface area contributed by atoms with Gasteiger partial charge in [0.1, 0.15) is 5.60 Å².